The van der Waals surface area contributed by atoms with Gasteiger partial charge in [-0.1, -0.05) is 31.2 Å². The molecule has 4 rings (SSSR count). The molecule has 0 amide bonds. The number of carbonyl (C=O) groups is 1. The summed E-state index contributed by atoms with van der Waals surface area (Å²) in [6.07, 6.45) is 1.65. The van der Waals surface area contributed by atoms with Crippen LogP contribution in [0, 0.1) is 5.92 Å². The van der Waals surface area contributed by atoms with Gasteiger partial charge in [-0.05, 0) is 68.0 Å². The van der Waals surface area contributed by atoms with E-state index in [-0.39, 0.29) is 23.4 Å². The summed E-state index contributed by atoms with van der Waals surface area (Å²) in [7, 11) is -3.74. The quantitative estimate of drug-likeness (QED) is 0.769. The Kier molecular flexibility index (Phi) is 5.83. The van der Waals surface area contributed by atoms with Crippen molar-refractivity contribution in [2.45, 2.75) is 57.0 Å². The number of fused-ring (bicyclic) bond motifs is 1. The maximum atomic E-state index is 13.7. The molecule has 0 aromatic heterocycles. The van der Waals surface area contributed by atoms with Gasteiger partial charge in [0.2, 0.25) is 10.0 Å². The summed E-state index contributed by atoms with van der Waals surface area (Å²) in [6.45, 7) is 7.25. The molecule has 0 spiro atoms. The molecule has 31 heavy (non-hydrogen) atoms. The molecule has 0 saturated carbocycles. The Morgan fingerprint density at radius 3 is 2.26 bits per heavy atom. The van der Waals surface area contributed by atoms with E-state index >= 15 is 0 Å². The third-order valence-corrected chi connectivity index (χ3v) is 8.81. The average Bonchev–Trinajstić information content (AvgIpc) is 3.17. The standard InChI is InChI=1S/C24H30N2O4S/c1-4-18-8-10-21(11-9-18)25-14-16(2)26(17(3)15-25)31(29,30)23-7-5-6-19-12-20(24(27)28)13-22(19)23/h5-11,16-17,20H,4,12-15H2,1-3H3,(H,27,28). The topological polar surface area (TPSA) is 77.9 Å². The molecular weight excluding hydrogens is 412 g/mol. The molecule has 0 radical (unpaired) electrons. The Morgan fingerprint density at radius 2 is 1.68 bits per heavy atom. The Hall–Kier alpha value is -2.38. The fraction of sp³-hybridized carbons (Fsp3) is 0.458. The fourth-order valence-corrected chi connectivity index (χ4v) is 7.17. The highest BCUT2D eigenvalue weighted by atomic mass is 32.2. The molecule has 1 N–H and O–H groups in total. The maximum Gasteiger partial charge on any atom is 0.307 e. The second kappa shape index (κ2) is 8.28. The Morgan fingerprint density at radius 1 is 1.03 bits per heavy atom. The normalized spacial score (nSPS) is 24.2. The van der Waals surface area contributed by atoms with Crippen LogP contribution in [-0.4, -0.2) is 49.0 Å². The van der Waals surface area contributed by atoms with E-state index in [2.05, 4.69) is 36.1 Å². The van der Waals surface area contributed by atoms with Gasteiger partial charge in [-0.3, -0.25) is 4.79 Å². The molecule has 6 nitrogen and oxygen atoms in total. The fourth-order valence-electron chi connectivity index (χ4n) is 5.08. The van der Waals surface area contributed by atoms with Crippen LogP contribution in [0.5, 0.6) is 0 Å². The first-order valence-corrected chi connectivity index (χ1v) is 12.4. The smallest absolute Gasteiger partial charge is 0.307 e. The zero-order chi connectivity index (χ0) is 22.3. The maximum absolute atomic E-state index is 13.7. The van der Waals surface area contributed by atoms with Crippen molar-refractivity contribution in [1.29, 1.82) is 0 Å². The number of carboxylic acid groups (broad SMARTS) is 1. The van der Waals surface area contributed by atoms with Gasteiger partial charge in [-0.25, -0.2) is 8.42 Å². The molecule has 1 aliphatic heterocycles. The van der Waals surface area contributed by atoms with E-state index in [0.29, 0.717) is 25.1 Å². The van der Waals surface area contributed by atoms with Crippen LogP contribution < -0.4 is 4.90 Å². The van der Waals surface area contributed by atoms with E-state index < -0.39 is 21.9 Å². The van der Waals surface area contributed by atoms with E-state index in [0.717, 1.165) is 17.7 Å². The lowest BCUT2D eigenvalue weighted by Crippen LogP contribution is -2.58. The molecule has 1 aliphatic carbocycles. The van der Waals surface area contributed by atoms with Gasteiger partial charge < -0.3 is 10.0 Å². The second-order valence-corrected chi connectivity index (χ2v) is 10.6. The van der Waals surface area contributed by atoms with Gasteiger partial charge in [0.1, 0.15) is 0 Å². The lowest BCUT2D eigenvalue weighted by molar-refractivity contribution is -0.141. The molecule has 2 aromatic carbocycles. The van der Waals surface area contributed by atoms with Crippen LogP contribution in [0.4, 0.5) is 5.69 Å². The number of benzene rings is 2. The minimum absolute atomic E-state index is 0.202. The van der Waals surface area contributed by atoms with Gasteiger partial charge in [0, 0.05) is 30.9 Å². The molecule has 2 aromatic rings. The van der Waals surface area contributed by atoms with Gasteiger partial charge >= 0.3 is 5.97 Å². The van der Waals surface area contributed by atoms with Crippen LogP contribution in [0.1, 0.15) is 37.5 Å². The lowest BCUT2D eigenvalue weighted by Gasteiger charge is -2.44. The van der Waals surface area contributed by atoms with Crippen molar-refractivity contribution in [1.82, 2.24) is 4.31 Å². The number of anilines is 1. The van der Waals surface area contributed by atoms with Crippen LogP contribution in [0.3, 0.4) is 0 Å². The summed E-state index contributed by atoms with van der Waals surface area (Å²) < 4.78 is 29.1. The Bertz CT molecular complexity index is 1070. The zero-order valence-corrected chi connectivity index (χ0v) is 19.1. The molecule has 7 heteroatoms. The number of carboxylic acids is 1. The van der Waals surface area contributed by atoms with Crippen molar-refractivity contribution in [3.63, 3.8) is 0 Å². The second-order valence-electron chi connectivity index (χ2n) is 8.80. The monoisotopic (exact) mass is 442 g/mol. The van der Waals surface area contributed by atoms with E-state index in [1.165, 1.54) is 5.56 Å². The molecule has 1 saturated heterocycles. The minimum Gasteiger partial charge on any atom is -0.481 e. The first-order chi connectivity index (χ1) is 14.7. The van der Waals surface area contributed by atoms with Crippen LogP contribution in [0.2, 0.25) is 0 Å². The number of nitrogens with zero attached hydrogens (tertiary/aromatic N) is 2. The van der Waals surface area contributed by atoms with Crippen LogP contribution in [0.25, 0.3) is 0 Å². The Labute approximate surface area is 184 Å². The lowest BCUT2D eigenvalue weighted by atomic mass is 10.1. The third-order valence-electron chi connectivity index (χ3n) is 6.60. The molecule has 0 bridgehead atoms. The number of aryl methyl sites for hydroxylation is 1. The van der Waals surface area contributed by atoms with Gasteiger partial charge in [-0.15, -0.1) is 0 Å². The van der Waals surface area contributed by atoms with E-state index in [9.17, 15) is 18.3 Å². The largest absolute Gasteiger partial charge is 0.481 e. The van der Waals surface area contributed by atoms with Crippen molar-refractivity contribution in [2.75, 3.05) is 18.0 Å². The first kappa shape index (κ1) is 21.8. The highest BCUT2D eigenvalue weighted by Gasteiger charge is 2.41. The predicted molar refractivity (Wildman–Crippen MR) is 121 cm³/mol. The number of piperazine rings is 1. The summed E-state index contributed by atoms with van der Waals surface area (Å²) in [5, 5.41) is 9.42. The van der Waals surface area contributed by atoms with Crippen molar-refractivity contribution in [2.24, 2.45) is 5.92 Å². The van der Waals surface area contributed by atoms with Crippen LogP contribution in [0.15, 0.2) is 47.4 Å². The number of hydrogen-bond acceptors (Lipinski definition) is 4. The highest BCUT2D eigenvalue weighted by Crippen LogP contribution is 2.35. The molecule has 3 atom stereocenters. The van der Waals surface area contributed by atoms with Gasteiger partial charge in [0.05, 0.1) is 10.8 Å². The summed E-state index contributed by atoms with van der Waals surface area (Å²) >= 11 is 0. The molecule has 1 fully saturated rings. The van der Waals surface area contributed by atoms with Gasteiger partial charge in [0.15, 0.2) is 0 Å². The van der Waals surface area contributed by atoms with Gasteiger partial charge in [0.25, 0.3) is 0 Å². The summed E-state index contributed by atoms with van der Waals surface area (Å²) in [4.78, 5) is 14.0. The highest BCUT2D eigenvalue weighted by molar-refractivity contribution is 7.89. The summed E-state index contributed by atoms with van der Waals surface area (Å²) in [5.41, 5.74) is 3.90. The van der Waals surface area contributed by atoms with E-state index in [1.54, 1.807) is 16.4 Å². The number of sulfonamides is 1. The SMILES string of the molecule is CCc1ccc(N2CC(C)N(S(=O)(=O)c3cccc4c3CC(C(=O)O)C4)C(C)C2)cc1. The number of aliphatic carboxylic acids is 1. The van der Waals surface area contributed by atoms with Gasteiger partial charge in [-0.2, -0.15) is 4.31 Å². The van der Waals surface area contributed by atoms with Crippen molar-refractivity contribution >= 4 is 21.7 Å². The number of hydrogen-bond donors (Lipinski definition) is 1. The molecular formula is C24H30N2O4S. The van der Waals surface area contributed by atoms with E-state index in [1.807, 2.05) is 19.9 Å². The zero-order valence-electron chi connectivity index (χ0n) is 18.3. The number of rotatable bonds is 5. The average molecular weight is 443 g/mol. The van der Waals surface area contributed by atoms with Crippen molar-refractivity contribution in [3.05, 3.63) is 59.2 Å². The molecule has 2 aliphatic rings. The molecule has 166 valence electrons. The van der Waals surface area contributed by atoms with Crippen LogP contribution in [-0.2, 0) is 34.1 Å². The van der Waals surface area contributed by atoms with E-state index in [4.69, 9.17) is 0 Å². The summed E-state index contributed by atoms with van der Waals surface area (Å²) in [6, 6.07) is 13.3. The molecule has 3 unspecified atom stereocenters. The van der Waals surface area contributed by atoms with Crippen molar-refractivity contribution in [3.8, 4) is 0 Å². The van der Waals surface area contributed by atoms with Crippen LogP contribution >= 0.6 is 0 Å². The van der Waals surface area contributed by atoms with Crippen molar-refractivity contribution < 1.29 is 18.3 Å². The first-order valence-electron chi connectivity index (χ1n) is 10.9. The predicted octanol–water partition coefficient (Wildman–Crippen LogP) is 3.34. The molecule has 1 heterocycles. The third kappa shape index (κ3) is 3.96. The summed E-state index contributed by atoms with van der Waals surface area (Å²) in [5.74, 6) is -1.42. The Balaban J connectivity index is 1.60. The minimum atomic E-state index is -3.74.